The molecule has 0 bridgehead atoms. The van der Waals surface area contributed by atoms with Crippen molar-refractivity contribution in [3.05, 3.63) is 53.9 Å². The molecule has 1 heterocycles. The maximum atomic E-state index is 12.3. The third-order valence-electron chi connectivity index (χ3n) is 3.84. The van der Waals surface area contributed by atoms with Crippen molar-refractivity contribution in [3.8, 4) is 0 Å². The van der Waals surface area contributed by atoms with Crippen LogP contribution in [0.5, 0.6) is 0 Å². The second-order valence-electron chi connectivity index (χ2n) is 5.29. The molecule has 1 aromatic heterocycles. The van der Waals surface area contributed by atoms with Crippen LogP contribution >= 0.6 is 0 Å². The average molecular weight is 285 g/mol. The van der Waals surface area contributed by atoms with Gasteiger partial charge in [0.15, 0.2) is 5.78 Å². The van der Waals surface area contributed by atoms with Gasteiger partial charge in [-0.1, -0.05) is 44.2 Å². The van der Waals surface area contributed by atoms with E-state index in [2.05, 4.69) is 18.9 Å². The molecule has 4 nitrogen and oxygen atoms in total. The maximum absolute atomic E-state index is 12.3. The zero-order valence-electron chi connectivity index (χ0n) is 12.7. The summed E-state index contributed by atoms with van der Waals surface area (Å²) in [5, 5.41) is 4.51. The van der Waals surface area contributed by atoms with Crippen molar-refractivity contribution in [3.63, 3.8) is 0 Å². The van der Waals surface area contributed by atoms with E-state index in [1.54, 1.807) is 0 Å². The van der Waals surface area contributed by atoms with Gasteiger partial charge in [-0.25, -0.2) is 0 Å². The zero-order valence-corrected chi connectivity index (χ0v) is 12.7. The molecule has 2 N–H and O–H groups in total. The number of nitrogens with zero attached hydrogens (tertiary/aromatic N) is 2. The summed E-state index contributed by atoms with van der Waals surface area (Å²) >= 11 is 0. The summed E-state index contributed by atoms with van der Waals surface area (Å²) < 4.78 is 1.96. The van der Waals surface area contributed by atoms with Gasteiger partial charge in [-0.3, -0.25) is 9.48 Å². The number of carbonyl (C=O) groups is 1. The molecule has 1 atom stereocenters. The topological polar surface area (TPSA) is 60.9 Å². The van der Waals surface area contributed by atoms with Gasteiger partial charge in [-0.15, -0.1) is 0 Å². The normalized spacial score (nSPS) is 12.6. The first-order valence-corrected chi connectivity index (χ1v) is 7.53. The molecular formula is C17H23N3O. The fraction of sp³-hybridized carbons (Fsp3) is 0.412. The molecule has 0 amide bonds. The second-order valence-corrected chi connectivity index (χ2v) is 5.29. The Morgan fingerprint density at radius 1 is 1.19 bits per heavy atom. The molecule has 0 unspecified atom stereocenters. The van der Waals surface area contributed by atoms with E-state index in [0.29, 0.717) is 6.04 Å². The lowest BCUT2D eigenvalue weighted by molar-refractivity contribution is -0.119. The van der Waals surface area contributed by atoms with Crippen LogP contribution in [0.25, 0.3) is 0 Å². The SMILES string of the molecule is CCC(CC)n1ccc(CC(=O)[C@H](N)c2ccccc2)n1. The van der Waals surface area contributed by atoms with E-state index in [1.807, 2.05) is 47.3 Å². The molecule has 0 aliphatic rings. The van der Waals surface area contributed by atoms with Crippen molar-refractivity contribution < 1.29 is 4.79 Å². The minimum atomic E-state index is -0.579. The number of ketones is 1. The Kier molecular flexibility index (Phi) is 5.28. The van der Waals surface area contributed by atoms with Crippen molar-refractivity contribution in [1.29, 1.82) is 0 Å². The van der Waals surface area contributed by atoms with E-state index in [0.717, 1.165) is 24.1 Å². The Balaban J connectivity index is 2.03. The van der Waals surface area contributed by atoms with Crippen molar-refractivity contribution in [1.82, 2.24) is 9.78 Å². The predicted octanol–water partition coefficient (Wildman–Crippen LogP) is 3.06. The first-order chi connectivity index (χ1) is 10.2. The summed E-state index contributed by atoms with van der Waals surface area (Å²) in [4.78, 5) is 12.3. The number of benzene rings is 1. The minimum Gasteiger partial charge on any atom is -0.318 e. The smallest absolute Gasteiger partial charge is 0.160 e. The lowest BCUT2D eigenvalue weighted by Gasteiger charge is -2.12. The molecule has 0 saturated carbocycles. The molecule has 2 rings (SSSR count). The van der Waals surface area contributed by atoms with Crippen molar-refractivity contribution in [2.24, 2.45) is 5.73 Å². The van der Waals surface area contributed by atoms with E-state index in [4.69, 9.17) is 5.73 Å². The van der Waals surface area contributed by atoms with Crippen LogP contribution in [0.2, 0.25) is 0 Å². The zero-order chi connectivity index (χ0) is 15.2. The highest BCUT2D eigenvalue weighted by molar-refractivity contribution is 5.86. The van der Waals surface area contributed by atoms with Crippen LogP contribution in [-0.4, -0.2) is 15.6 Å². The Hall–Kier alpha value is -1.94. The third-order valence-corrected chi connectivity index (χ3v) is 3.84. The summed E-state index contributed by atoms with van der Waals surface area (Å²) in [6.07, 6.45) is 4.31. The van der Waals surface area contributed by atoms with Crippen molar-refractivity contribution >= 4 is 5.78 Å². The number of aromatic nitrogens is 2. The number of rotatable bonds is 7. The minimum absolute atomic E-state index is 0.00371. The van der Waals surface area contributed by atoms with Crippen LogP contribution in [0.1, 0.15) is 50.0 Å². The predicted molar refractivity (Wildman–Crippen MR) is 83.9 cm³/mol. The van der Waals surface area contributed by atoms with Crippen LogP contribution in [0.3, 0.4) is 0 Å². The highest BCUT2D eigenvalue weighted by Gasteiger charge is 2.17. The van der Waals surface area contributed by atoms with Gasteiger partial charge in [0.1, 0.15) is 0 Å². The molecular weight excluding hydrogens is 262 g/mol. The standard InChI is InChI=1S/C17H23N3O/c1-3-15(4-2)20-11-10-14(19-20)12-16(21)17(18)13-8-6-5-7-9-13/h5-11,15,17H,3-4,12,18H2,1-2H3/t17-/m1/s1. The first-order valence-electron chi connectivity index (χ1n) is 7.53. The molecule has 4 heteroatoms. The van der Waals surface area contributed by atoms with Crippen LogP contribution < -0.4 is 5.73 Å². The summed E-state index contributed by atoms with van der Waals surface area (Å²) in [6, 6.07) is 11.2. The van der Waals surface area contributed by atoms with E-state index < -0.39 is 6.04 Å². The maximum Gasteiger partial charge on any atom is 0.160 e. The number of Topliss-reactive ketones (excluding diaryl/α,β-unsaturated/α-hetero) is 1. The third kappa shape index (κ3) is 3.79. The molecule has 0 radical (unpaired) electrons. The molecule has 21 heavy (non-hydrogen) atoms. The van der Waals surface area contributed by atoms with Crippen LogP contribution in [0.4, 0.5) is 0 Å². The fourth-order valence-corrected chi connectivity index (χ4v) is 2.47. The molecule has 112 valence electrons. The van der Waals surface area contributed by atoms with Gasteiger partial charge < -0.3 is 5.73 Å². The Morgan fingerprint density at radius 2 is 1.86 bits per heavy atom. The number of hydrogen-bond donors (Lipinski definition) is 1. The van der Waals surface area contributed by atoms with Crippen LogP contribution in [0.15, 0.2) is 42.6 Å². The molecule has 0 aliphatic heterocycles. The summed E-state index contributed by atoms with van der Waals surface area (Å²) in [5.74, 6) is -0.00371. The molecule has 0 fully saturated rings. The molecule has 0 aliphatic carbocycles. The van der Waals surface area contributed by atoms with Crippen LogP contribution in [-0.2, 0) is 11.2 Å². The monoisotopic (exact) mass is 285 g/mol. The molecule has 1 aromatic carbocycles. The average Bonchev–Trinajstić information content (AvgIpc) is 2.97. The molecule has 2 aromatic rings. The first kappa shape index (κ1) is 15.4. The van der Waals surface area contributed by atoms with Gasteiger partial charge in [-0.05, 0) is 24.5 Å². The largest absolute Gasteiger partial charge is 0.318 e. The Bertz CT molecular complexity index is 573. The van der Waals surface area contributed by atoms with Gasteiger partial charge in [-0.2, -0.15) is 5.10 Å². The summed E-state index contributed by atoms with van der Waals surface area (Å²) in [7, 11) is 0. The van der Waals surface area contributed by atoms with E-state index in [9.17, 15) is 4.79 Å². The van der Waals surface area contributed by atoms with Gasteiger partial charge in [0, 0.05) is 6.20 Å². The van der Waals surface area contributed by atoms with Crippen molar-refractivity contribution in [2.45, 2.75) is 45.2 Å². The van der Waals surface area contributed by atoms with E-state index in [1.165, 1.54) is 0 Å². The van der Waals surface area contributed by atoms with Gasteiger partial charge >= 0.3 is 0 Å². The van der Waals surface area contributed by atoms with Gasteiger partial charge in [0.2, 0.25) is 0 Å². The quantitative estimate of drug-likeness (QED) is 0.850. The highest BCUT2D eigenvalue weighted by Crippen LogP contribution is 2.16. The molecule has 0 saturated heterocycles. The summed E-state index contributed by atoms with van der Waals surface area (Å²) in [5.41, 5.74) is 7.66. The van der Waals surface area contributed by atoms with Crippen molar-refractivity contribution in [2.75, 3.05) is 0 Å². The van der Waals surface area contributed by atoms with E-state index >= 15 is 0 Å². The van der Waals surface area contributed by atoms with E-state index in [-0.39, 0.29) is 12.2 Å². The fourth-order valence-electron chi connectivity index (χ4n) is 2.47. The lowest BCUT2D eigenvalue weighted by atomic mass is 10.0. The Labute approximate surface area is 126 Å². The van der Waals surface area contributed by atoms with Crippen LogP contribution in [0, 0.1) is 0 Å². The highest BCUT2D eigenvalue weighted by atomic mass is 16.1. The lowest BCUT2D eigenvalue weighted by Crippen LogP contribution is -2.23. The molecule has 0 spiro atoms. The Morgan fingerprint density at radius 3 is 2.48 bits per heavy atom. The number of hydrogen-bond acceptors (Lipinski definition) is 3. The van der Waals surface area contributed by atoms with Gasteiger partial charge in [0.25, 0.3) is 0 Å². The van der Waals surface area contributed by atoms with Gasteiger partial charge in [0.05, 0.1) is 24.2 Å². The number of nitrogens with two attached hydrogens (primary N) is 1. The summed E-state index contributed by atoms with van der Waals surface area (Å²) in [6.45, 7) is 4.29. The second kappa shape index (κ2) is 7.18. The number of carbonyl (C=O) groups excluding carboxylic acids is 1.